The van der Waals surface area contributed by atoms with Crippen LogP contribution in [0.4, 0.5) is 8.78 Å². The summed E-state index contributed by atoms with van der Waals surface area (Å²) in [6.45, 7) is 1.74. The van der Waals surface area contributed by atoms with Crippen molar-refractivity contribution in [1.29, 1.82) is 0 Å². The van der Waals surface area contributed by atoms with Gasteiger partial charge in [0.15, 0.2) is 11.6 Å². The van der Waals surface area contributed by atoms with Crippen molar-refractivity contribution in [1.82, 2.24) is 5.32 Å². The first-order valence-corrected chi connectivity index (χ1v) is 7.89. The molecule has 3 nitrogen and oxygen atoms in total. The van der Waals surface area contributed by atoms with Gasteiger partial charge in [0.2, 0.25) is 0 Å². The Balaban J connectivity index is 2.06. The molecule has 1 fully saturated rings. The van der Waals surface area contributed by atoms with E-state index in [0.29, 0.717) is 5.92 Å². The number of rotatable bonds is 5. The second kappa shape index (κ2) is 7.96. The van der Waals surface area contributed by atoms with Crippen LogP contribution in [0.15, 0.2) is 12.1 Å². The number of halogens is 2. The first-order valence-electron chi connectivity index (χ1n) is 7.89. The number of amides is 1. The monoisotopic (exact) mass is 321 g/mol. The number of ether oxygens (including phenoxy) is 1. The highest BCUT2D eigenvalue weighted by Crippen LogP contribution is 2.27. The van der Waals surface area contributed by atoms with Crippen molar-refractivity contribution in [2.24, 2.45) is 5.92 Å². The largest absolute Gasteiger partial charge is 0.478 e. The lowest BCUT2D eigenvalue weighted by molar-refractivity contribution is 0.0914. The maximum absolute atomic E-state index is 14.0. The van der Waals surface area contributed by atoms with Crippen molar-refractivity contribution in [3.05, 3.63) is 29.3 Å². The highest BCUT2D eigenvalue weighted by molar-refractivity contribution is 5.94. The highest BCUT2D eigenvalue weighted by atomic mass is 19.1. The summed E-state index contributed by atoms with van der Waals surface area (Å²) < 4.78 is 32.8. The molecule has 0 saturated heterocycles. The molecule has 1 aliphatic rings. The molecule has 2 rings (SSSR count). The number of hydrogen-bond acceptors (Lipinski definition) is 2. The number of benzene rings is 1. The summed E-state index contributed by atoms with van der Waals surface area (Å²) in [5.41, 5.74) is -0.321. The molecule has 1 atom stereocenters. The maximum atomic E-state index is 14.0. The van der Waals surface area contributed by atoms with Crippen LogP contribution in [-0.2, 0) is 0 Å². The predicted molar refractivity (Wildman–Crippen MR) is 84.2 cm³/mol. The van der Waals surface area contributed by atoms with Gasteiger partial charge in [-0.25, -0.2) is 8.78 Å². The molecule has 1 aliphatic carbocycles. The van der Waals surface area contributed by atoms with Gasteiger partial charge < -0.3 is 10.1 Å². The molecule has 1 amide bonds. The minimum absolute atomic E-state index is 0.0670. The van der Waals surface area contributed by atoms with E-state index in [4.69, 9.17) is 11.2 Å². The molecular formula is C18H21F2NO2. The third-order valence-electron chi connectivity index (χ3n) is 4.29. The standard InChI is InChI=1S/C18H21F2NO2/c1-3-9-23-17-11-15(19)14(10-16(17)20)18(22)21-12(2)13-7-5-4-6-8-13/h1,10-13H,4-9H2,2H3,(H,21,22)/t12-/m0/s1. The van der Waals surface area contributed by atoms with E-state index in [1.165, 1.54) is 6.42 Å². The Labute approximate surface area is 135 Å². The van der Waals surface area contributed by atoms with Gasteiger partial charge in [-0.15, -0.1) is 6.42 Å². The van der Waals surface area contributed by atoms with Crippen LogP contribution in [0.5, 0.6) is 5.75 Å². The Kier molecular flexibility index (Phi) is 5.97. The van der Waals surface area contributed by atoms with Crippen molar-refractivity contribution in [2.45, 2.75) is 45.1 Å². The van der Waals surface area contributed by atoms with Crippen LogP contribution in [0.25, 0.3) is 0 Å². The molecule has 0 radical (unpaired) electrons. The summed E-state index contributed by atoms with van der Waals surface area (Å²) in [7, 11) is 0. The molecular weight excluding hydrogens is 300 g/mol. The van der Waals surface area contributed by atoms with E-state index in [-0.39, 0.29) is 24.0 Å². The SMILES string of the molecule is C#CCOc1cc(F)c(C(=O)N[C@@H](C)C2CCCCC2)cc1F. The van der Waals surface area contributed by atoms with Crippen LogP contribution >= 0.6 is 0 Å². The second-order valence-electron chi connectivity index (χ2n) is 5.92. The van der Waals surface area contributed by atoms with Crippen LogP contribution < -0.4 is 10.1 Å². The normalized spacial score (nSPS) is 16.4. The zero-order chi connectivity index (χ0) is 16.8. The van der Waals surface area contributed by atoms with Gasteiger partial charge in [-0.1, -0.05) is 25.2 Å². The summed E-state index contributed by atoms with van der Waals surface area (Å²) >= 11 is 0. The minimum Gasteiger partial charge on any atom is -0.478 e. The van der Waals surface area contributed by atoms with Crippen LogP contribution in [0.3, 0.4) is 0 Å². The minimum atomic E-state index is -0.827. The average molecular weight is 321 g/mol. The fraction of sp³-hybridized carbons (Fsp3) is 0.500. The van der Waals surface area contributed by atoms with E-state index < -0.39 is 17.5 Å². The molecule has 0 aromatic heterocycles. The Morgan fingerprint density at radius 1 is 1.35 bits per heavy atom. The van der Waals surface area contributed by atoms with Gasteiger partial charge in [-0.3, -0.25) is 4.79 Å². The predicted octanol–water partition coefficient (Wildman–Crippen LogP) is 3.68. The van der Waals surface area contributed by atoms with Gasteiger partial charge >= 0.3 is 0 Å². The highest BCUT2D eigenvalue weighted by Gasteiger charge is 2.24. The van der Waals surface area contributed by atoms with Crippen molar-refractivity contribution in [3.63, 3.8) is 0 Å². The summed E-state index contributed by atoms with van der Waals surface area (Å²) in [6.07, 6.45) is 10.6. The number of carbonyl (C=O) groups is 1. The molecule has 1 aromatic rings. The lowest BCUT2D eigenvalue weighted by atomic mass is 9.84. The summed E-state index contributed by atoms with van der Waals surface area (Å²) in [6, 6.07) is 1.64. The van der Waals surface area contributed by atoms with E-state index in [9.17, 15) is 13.6 Å². The fourth-order valence-electron chi connectivity index (χ4n) is 2.97. The second-order valence-corrected chi connectivity index (χ2v) is 5.92. The lowest BCUT2D eigenvalue weighted by Gasteiger charge is -2.28. The zero-order valence-electron chi connectivity index (χ0n) is 13.2. The van der Waals surface area contributed by atoms with Crippen LogP contribution in [0.1, 0.15) is 49.4 Å². The van der Waals surface area contributed by atoms with E-state index in [0.717, 1.165) is 37.8 Å². The van der Waals surface area contributed by atoms with Gasteiger partial charge in [0.05, 0.1) is 5.56 Å². The van der Waals surface area contributed by atoms with Crippen molar-refractivity contribution in [2.75, 3.05) is 6.61 Å². The Morgan fingerprint density at radius 2 is 2.04 bits per heavy atom. The van der Waals surface area contributed by atoms with Crippen LogP contribution in [0.2, 0.25) is 0 Å². The number of hydrogen-bond donors (Lipinski definition) is 1. The van der Waals surface area contributed by atoms with Gasteiger partial charge in [-0.05, 0) is 31.7 Å². The first-order chi connectivity index (χ1) is 11.0. The number of terminal acetylenes is 1. The third-order valence-corrected chi connectivity index (χ3v) is 4.29. The molecule has 0 heterocycles. The molecule has 1 N–H and O–H groups in total. The average Bonchev–Trinajstić information content (AvgIpc) is 2.55. The van der Waals surface area contributed by atoms with Crippen LogP contribution in [-0.4, -0.2) is 18.6 Å². The zero-order valence-corrected chi connectivity index (χ0v) is 13.2. The molecule has 0 bridgehead atoms. The smallest absolute Gasteiger partial charge is 0.254 e. The van der Waals surface area contributed by atoms with Gasteiger partial charge in [0.25, 0.3) is 5.91 Å². The quantitative estimate of drug-likeness (QED) is 0.840. The topological polar surface area (TPSA) is 38.3 Å². The van der Waals surface area contributed by atoms with Crippen molar-refractivity contribution >= 4 is 5.91 Å². The molecule has 124 valence electrons. The van der Waals surface area contributed by atoms with E-state index in [2.05, 4.69) is 11.2 Å². The van der Waals surface area contributed by atoms with Crippen LogP contribution in [0, 0.1) is 29.9 Å². The molecule has 5 heteroatoms. The molecule has 23 heavy (non-hydrogen) atoms. The van der Waals surface area contributed by atoms with Gasteiger partial charge in [-0.2, -0.15) is 0 Å². The molecule has 1 aromatic carbocycles. The first kappa shape index (κ1) is 17.3. The fourth-order valence-corrected chi connectivity index (χ4v) is 2.97. The van der Waals surface area contributed by atoms with Gasteiger partial charge in [0.1, 0.15) is 12.4 Å². The lowest BCUT2D eigenvalue weighted by Crippen LogP contribution is -2.39. The third kappa shape index (κ3) is 4.44. The Morgan fingerprint density at radius 3 is 2.70 bits per heavy atom. The van der Waals surface area contributed by atoms with E-state index >= 15 is 0 Å². The summed E-state index contributed by atoms with van der Waals surface area (Å²) in [5.74, 6) is 0.0221. The Hall–Kier alpha value is -2.09. The van der Waals surface area contributed by atoms with Crippen molar-refractivity contribution < 1.29 is 18.3 Å². The Bertz CT molecular complexity index is 604. The molecule has 0 spiro atoms. The van der Waals surface area contributed by atoms with E-state index in [1.807, 2.05) is 6.92 Å². The summed E-state index contributed by atoms with van der Waals surface area (Å²) in [4.78, 5) is 12.2. The van der Waals surface area contributed by atoms with Crippen molar-refractivity contribution in [3.8, 4) is 18.1 Å². The molecule has 0 unspecified atom stereocenters. The van der Waals surface area contributed by atoms with Gasteiger partial charge in [0, 0.05) is 12.1 Å². The number of carbonyl (C=O) groups excluding carboxylic acids is 1. The van der Waals surface area contributed by atoms with E-state index in [1.54, 1.807) is 0 Å². The molecule has 0 aliphatic heterocycles. The maximum Gasteiger partial charge on any atom is 0.254 e. The molecule has 1 saturated carbocycles. The number of nitrogens with one attached hydrogen (secondary N) is 1. The summed E-state index contributed by atoms with van der Waals surface area (Å²) in [5, 5.41) is 2.78.